The summed E-state index contributed by atoms with van der Waals surface area (Å²) in [7, 11) is 0. The van der Waals surface area contributed by atoms with Gasteiger partial charge in [0.2, 0.25) is 0 Å². The molecule has 4 rings (SSSR count). The lowest BCUT2D eigenvalue weighted by Gasteiger charge is -2.09. The molecule has 1 aliphatic rings. The van der Waals surface area contributed by atoms with Crippen LogP contribution in [0, 0.1) is 5.82 Å². The zero-order valence-corrected chi connectivity index (χ0v) is 19.4. The van der Waals surface area contributed by atoms with Gasteiger partial charge in [0.1, 0.15) is 23.2 Å². The molecule has 1 aliphatic heterocycles. The number of carbonyl (C=O) groups excluding carboxylic acids is 1. The molecule has 0 saturated carbocycles. The first kappa shape index (κ1) is 24.6. The maximum atomic E-state index is 14.6. The summed E-state index contributed by atoms with van der Waals surface area (Å²) < 4.78 is 59.1. The first-order valence-corrected chi connectivity index (χ1v) is 11.6. The summed E-state index contributed by atoms with van der Waals surface area (Å²) in [5, 5.41) is 6.90. The summed E-state index contributed by atoms with van der Waals surface area (Å²) in [6, 6.07) is 9.12. The van der Waals surface area contributed by atoms with Gasteiger partial charge in [0, 0.05) is 11.6 Å². The molecule has 35 heavy (non-hydrogen) atoms. The number of hydrogen-bond donors (Lipinski definition) is 1. The first-order chi connectivity index (χ1) is 16.8. The molecule has 0 bridgehead atoms. The number of aryl methyl sites for hydroxylation is 1. The van der Waals surface area contributed by atoms with Crippen LogP contribution in [-0.2, 0) is 28.8 Å². The fraction of sp³-hybridized carbons (Fsp3) is 0.292. The Morgan fingerprint density at radius 3 is 2.60 bits per heavy atom. The summed E-state index contributed by atoms with van der Waals surface area (Å²) >= 11 is 1.34. The van der Waals surface area contributed by atoms with Gasteiger partial charge in [-0.2, -0.15) is 13.2 Å². The standard InChI is InChI=1S/C24H21F4N3O3S/c1-2-3-4-19-20(35-23(29-19)14-5-7-15(8-6-14)24(26,27)28)13-33-16-9-10-17(18(25)11-16)22-30-21(12-32)34-31-22/h5-12,21H,2-4,13H2,1H3,(H,30,31). The lowest BCUT2D eigenvalue weighted by atomic mass is 10.1. The van der Waals surface area contributed by atoms with E-state index in [1.54, 1.807) is 6.07 Å². The molecule has 0 radical (unpaired) electrons. The molecule has 2 heterocycles. The van der Waals surface area contributed by atoms with Gasteiger partial charge in [-0.15, -0.1) is 11.3 Å². The number of aromatic nitrogens is 1. The van der Waals surface area contributed by atoms with E-state index < -0.39 is 23.8 Å². The number of ether oxygens (including phenoxy) is 1. The average Bonchev–Trinajstić information content (AvgIpc) is 3.48. The molecule has 2 aromatic carbocycles. The molecule has 1 N–H and O–H groups in total. The second kappa shape index (κ2) is 10.4. The van der Waals surface area contributed by atoms with Crippen LogP contribution in [0.4, 0.5) is 17.6 Å². The van der Waals surface area contributed by atoms with Gasteiger partial charge >= 0.3 is 6.18 Å². The van der Waals surface area contributed by atoms with Gasteiger partial charge in [-0.3, -0.25) is 4.79 Å². The second-order valence-corrected chi connectivity index (χ2v) is 8.83. The van der Waals surface area contributed by atoms with Crippen molar-refractivity contribution in [1.29, 1.82) is 0 Å². The van der Waals surface area contributed by atoms with Gasteiger partial charge in [0.25, 0.3) is 6.23 Å². The largest absolute Gasteiger partial charge is 0.488 e. The number of halogens is 4. The molecule has 11 heteroatoms. The van der Waals surface area contributed by atoms with Crippen LogP contribution in [-0.4, -0.2) is 23.3 Å². The molecule has 1 aromatic heterocycles. The predicted octanol–water partition coefficient (Wildman–Crippen LogP) is 5.70. The predicted molar refractivity (Wildman–Crippen MR) is 123 cm³/mol. The van der Waals surface area contributed by atoms with Crippen molar-refractivity contribution in [3.8, 4) is 16.3 Å². The second-order valence-electron chi connectivity index (χ2n) is 7.74. The normalized spacial score (nSPS) is 15.3. The maximum Gasteiger partial charge on any atom is 0.416 e. The number of thiazole rings is 1. The van der Waals surface area contributed by atoms with Crippen molar-refractivity contribution in [3.63, 3.8) is 0 Å². The molecule has 0 amide bonds. The van der Waals surface area contributed by atoms with Crippen molar-refractivity contribution >= 4 is 23.5 Å². The number of alkyl halides is 3. The van der Waals surface area contributed by atoms with Gasteiger partial charge in [0.15, 0.2) is 12.1 Å². The van der Waals surface area contributed by atoms with Crippen LogP contribution >= 0.6 is 11.3 Å². The minimum atomic E-state index is -4.40. The Hall–Kier alpha value is -3.47. The average molecular weight is 508 g/mol. The van der Waals surface area contributed by atoms with Crippen LogP contribution < -0.4 is 10.1 Å². The Morgan fingerprint density at radius 2 is 1.97 bits per heavy atom. The highest BCUT2D eigenvalue weighted by molar-refractivity contribution is 7.15. The number of benzene rings is 2. The highest BCUT2D eigenvalue weighted by atomic mass is 32.1. The molecule has 6 nitrogen and oxygen atoms in total. The Kier molecular flexibility index (Phi) is 7.34. The van der Waals surface area contributed by atoms with Gasteiger partial charge in [-0.1, -0.05) is 30.6 Å². The topological polar surface area (TPSA) is 72.8 Å². The lowest BCUT2D eigenvalue weighted by Crippen LogP contribution is -2.31. The number of nitrogens with one attached hydrogen (secondary N) is 1. The highest BCUT2D eigenvalue weighted by Crippen LogP contribution is 2.34. The van der Waals surface area contributed by atoms with Gasteiger partial charge in [-0.05, 0) is 37.1 Å². The Balaban J connectivity index is 1.50. The van der Waals surface area contributed by atoms with Crippen molar-refractivity contribution in [2.45, 2.75) is 45.2 Å². The smallest absolute Gasteiger partial charge is 0.416 e. The summed E-state index contributed by atoms with van der Waals surface area (Å²) in [4.78, 5) is 21.0. The zero-order valence-electron chi connectivity index (χ0n) is 18.6. The van der Waals surface area contributed by atoms with E-state index in [4.69, 9.17) is 9.57 Å². The van der Waals surface area contributed by atoms with Gasteiger partial charge in [0.05, 0.1) is 21.7 Å². The molecular formula is C24H21F4N3O3S. The van der Waals surface area contributed by atoms with E-state index in [9.17, 15) is 22.4 Å². The van der Waals surface area contributed by atoms with E-state index in [-0.39, 0.29) is 23.8 Å². The van der Waals surface area contributed by atoms with E-state index >= 15 is 0 Å². The van der Waals surface area contributed by atoms with E-state index in [1.165, 1.54) is 35.6 Å². The van der Waals surface area contributed by atoms with Crippen molar-refractivity contribution < 1.29 is 31.9 Å². The minimum Gasteiger partial charge on any atom is -0.488 e. The van der Waals surface area contributed by atoms with Crippen molar-refractivity contribution in [2.75, 3.05) is 0 Å². The highest BCUT2D eigenvalue weighted by Gasteiger charge is 2.30. The molecule has 1 atom stereocenters. The molecule has 0 fully saturated rings. The maximum absolute atomic E-state index is 14.6. The summed E-state index contributed by atoms with van der Waals surface area (Å²) in [6.45, 7) is 2.18. The Bertz CT molecular complexity index is 1230. The Labute approximate surface area is 202 Å². The third-order valence-electron chi connectivity index (χ3n) is 5.23. The molecule has 3 aromatic rings. The minimum absolute atomic E-state index is 0.108. The molecular weight excluding hydrogens is 486 g/mol. The van der Waals surface area contributed by atoms with Crippen LogP contribution in [0.2, 0.25) is 0 Å². The fourth-order valence-electron chi connectivity index (χ4n) is 3.37. The van der Waals surface area contributed by atoms with Crippen LogP contribution in [0.1, 0.15) is 41.5 Å². The molecule has 0 saturated heterocycles. The number of nitrogens with zero attached hydrogens (tertiary/aromatic N) is 2. The summed E-state index contributed by atoms with van der Waals surface area (Å²) in [5.74, 6) is -0.217. The third-order valence-corrected chi connectivity index (χ3v) is 6.35. The van der Waals surface area contributed by atoms with E-state index in [0.29, 0.717) is 23.3 Å². The molecule has 1 unspecified atom stereocenters. The van der Waals surface area contributed by atoms with E-state index in [0.717, 1.165) is 35.5 Å². The SMILES string of the molecule is CCCCc1nc(-c2ccc(C(F)(F)F)cc2)sc1COc1ccc(C2=NOC(C=O)N2)c(F)c1. The van der Waals surface area contributed by atoms with Crippen LogP contribution in [0.25, 0.3) is 10.6 Å². The molecule has 184 valence electrons. The summed E-state index contributed by atoms with van der Waals surface area (Å²) in [6.07, 6.45) is -2.30. The zero-order chi connectivity index (χ0) is 25.0. The third kappa shape index (κ3) is 5.79. The van der Waals surface area contributed by atoms with Gasteiger partial charge < -0.3 is 14.9 Å². The Morgan fingerprint density at radius 1 is 1.20 bits per heavy atom. The number of hydrogen-bond acceptors (Lipinski definition) is 7. The number of aldehydes is 1. The molecule has 0 spiro atoms. The number of amidine groups is 1. The van der Waals surface area contributed by atoms with Crippen LogP contribution in [0.5, 0.6) is 5.75 Å². The number of oxime groups is 1. The van der Waals surface area contributed by atoms with Crippen molar-refractivity contribution in [3.05, 3.63) is 70.0 Å². The van der Waals surface area contributed by atoms with E-state index in [1.807, 2.05) is 0 Å². The fourth-order valence-corrected chi connectivity index (χ4v) is 4.40. The number of carbonyl (C=O) groups is 1. The first-order valence-electron chi connectivity index (χ1n) is 10.8. The monoisotopic (exact) mass is 507 g/mol. The van der Waals surface area contributed by atoms with Gasteiger partial charge in [-0.25, -0.2) is 9.37 Å². The van der Waals surface area contributed by atoms with Crippen LogP contribution in [0.3, 0.4) is 0 Å². The summed E-state index contributed by atoms with van der Waals surface area (Å²) in [5.41, 5.74) is 0.811. The lowest BCUT2D eigenvalue weighted by molar-refractivity contribution is -0.137. The number of rotatable bonds is 9. The van der Waals surface area contributed by atoms with Crippen LogP contribution in [0.15, 0.2) is 47.6 Å². The van der Waals surface area contributed by atoms with E-state index in [2.05, 4.69) is 22.4 Å². The van der Waals surface area contributed by atoms with Crippen molar-refractivity contribution in [1.82, 2.24) is 10.3 Å². The quantitative estimate of drug-likeness (QED) is 0.297. The molecule has 0 aliphatic carbocycles. The van der Waals surface area contributed by atoms with Crippen molar-refractivity contribution in [2.24, 2.45) is 5.16 Å². The number of unbranched alkanes of at least 4 members (excludes halogenated alkanes) is 1.